The highest BCUT2D eigenvalue weighted by molar-refractivity contribution is 6.05. The fourth-order valence-electron chi connectivity index (χ4n) is 2.55. The molecule has 6 nitrogen and oxygen atoms in total. The molecule has 0 unspecified atom stereocenters. The molecule has 1 heterocycles. The molecule has 3 rings (SSSR count). The Balaban J connectivity index is 1.77. The van der Waals surface area contributed by atoms with Gasteiger partial charge in [0.15, 0.2) is 0 Å². The number of carbonyl (C=O) groups is 1. The fourth-order valence-corrected chi connectivity index (χ4v) is 2.55. The lowest BCUT2D eigenvalue weighted by Gasteiger charge is -2.08. The second-order valence-corrected chi connectivity index (χ2v) is 6.03. The van der Waals surface area contributed by atoms with Crippen molar-refractivity contribution in [3.8, 4) is 11.5 Å². The Bertz CT molecular complexity index is 992. The predicted molar refractivity (Wildman–Crippen MR) is 104 cm³/mol. The van der Waals surface area contributed by atoms with E-state index in [1.54, 1.807) is 49.6 Å². The molecule has 0 aliphatic carbocycles. The minimum absolute atomic E-state index is 0.0703. The number of carbonyl (C=O) groups excluding carboxylic acids is 1. The molecule has 0 aliphatic rings. The lowest BCUT2D eigenvalue weighted by atomic mass is 10.1. The van der Waals surface area contributed by atoms with Gasteiger partial charge in [-0.25, -0.2) is 4.79 Å². The van der Waals surface area contributed by atoms with Crippen molar-refractivity contribution in [2.45, 2.75) is 19.8 Å². The van der Waals surface area contributed by atoms with E-state index in [1.165, 1.54) is 6.07 Å². The molecule has 0 saturated carbocycles. The third kappa shape index (κ3) is 4.47. The van der Waals surface area contributed by atoms with Crippen LogP contribution in [-0.2, 0) is 0 Å². The number of unbranched alkanes of at least 4 members (excludes halogenated alkanes) is 1. The Morgan fingerprint density at radius 2 is 1.81 bits per heavy atom. The van der Waals surface area contributed by atoms with Crippen molar-refractivity contribution in [3.05, 3.63) is 64.5 Å². The first kappa shape index (κ1) is 18.5. The summed E-state index contributed by atoms with van der Waals surface area (Å²) in [6.45, 7) is 2.76. The molecule has 0 atom stereocenters. The van der Waals surface area contributed by atoms with E-state index in [-0.39, 0.29) is 5.56 Å². The van der Waals surface area contributed by atoms with Crippen molar-refractivity contribution >= 4 is 22.6 Å². The third-order valence-electron chi connectivity index (χ3n) is 4.06. The molecule has 3 aromatic rings. The lowest BCUT2D eigenvalue weighted by molar-refractivity contribution is 0.102. The Kier molecular flexibility index (Phi) is 5.76. The molecule has 0 fully saturated rings. The first-order valence-electron chi connectivity index (χ1n) is 8.77. The van der Waals surface area contributed by atoms with E-state index >= 15 is 0 Å². The first-order chi connectivity index (χ1) is 13.1. The fraction of sp³-hybridized carbons (Fsp3) is 0.238. The van der Waals surface area contributed by atoms with Crippen LogP contribution in [0.3, 0.4) is 0 Å². The molecule has 1 aromatic heterocycles. The van der Waals surface area contributed by atoms with Crippen LogP contribution in [0.1, 0.15) is 30.1 Å². The zero-order valence-corrected chi connectivity index (χ0v) is 15.3. The minimum atomic E-state index is -0.690. The third-order valence-corrected chi connectivity index (χ3v) is 4.06. The number of nitrogens with one attached hydrogen (secondary N) is 1. The molecule has 0 saturated heterocycles. The van der Waals surface area contributed by atoms with Crippen LogP contribution in [0.5, 0.6) is 11.5 Å². The summed E-state index contributed by atoms with van der Waals surface area (Å²) in [6, 6.07) is 13.5. The number of benzene rings is 2. The smallest absolute Gasteiger partial charge is 0.349 e. The van der Waals surface area contributed by atoms with Gasteiger partial charge < -0.3 is 19.2 Å². The first-order valence-corrected chi connectivity index (χ1v) is 8.77. The van der Waals surface area contributed by atoms with Crippen molar-refractivity contribution in [3.63, 3.8) is 0 Å². The van der Waals surface area contributed by atoms with Crippen LogP contribution in [0.15, 0.2) is 57.7 Å². The maximum absolute atomic E-state index is 12.5. The van der Waals surface area contributed by atoms with Crippen LogP contribution in [-0.4, -0.2) is 19.6 Å². The maximum atomic E-state index is 12.5. The van der Waals surface area contributed by atoms with Crippen LogP contribution < -0.4 is 20.4 Å². The number of anilines is 1. The number of ether oxygens (including phenoxy) is 2. The second-order valence-electron chi connectivity index (χ2n) is 6.03. The molecule has 27 heavy (non-hydrogen) atoms. The number of hydrogen-bond donors (Lipinski definition) is 1. The summed E-state index contributed by atoms with van der Waals surface area (Å²) in [5, 5.41) is 3.31. The van der Waals surface area contributed by atoms with Gasteiger partial charge in [-0.15, -0.1) is 0 Å². The van der Waals surface area contributed by atoms with Gasteiger partial charge in [0.1, 0.15) is 22.6 Å². The monoisotopic (exact) mass is 367 g/mol. The van der Waals surface area contributed by atoms with Crippen molar-refractivity contribution in [1.82, 2.24) is 0 Å². The molecule has 1 amide bonds. The highest BCUT2D eigenvalue weighted by Gasteiger charge is 2.14. The highest BCUT2D eigenvalue weighted by Crippen LogP contribution is 2.21. The number of amides is 1. The molecule has 0 aliphatic heterocycles. The summed E-state index contributed by atoms with van der Waals surface area (Å²) in [6.07, 6.45) is 2.05. The van der Waals surface area contributed by atoms with Gasteiger partial charge in [-0.05, 0) is 55.0 Å². The van der Waals surface area contributed by atoms with Gasteiger partial charge in [0.2, 0.25) is 0 Å². The quantitative estimate of drug-likeness (QED) is 0.499. The van der Waals surface area contributed by atoms with Gasteiger partial charge in [0.25, 0.3) is 5.91 Å². The van der Waals surface area contributed by atoms with Crippen LogP contribution in [0, 0.1) is 0 Å². The topological polar surface area (TPSA) is 77.8 Å². The van der Waals surface area contributed by atoms with Crippen LogP contribution >= 0.6 is 0 Å². The van der Waals surface area contributed by atoms with Gasteiger partial charge in [-0.1, -0.05) is 13.3 Å². The zero-order chi connectivity index (χ0) is 19.2. The second kappa shape index (κ2) is 8.40. The number of fused-ring (bicyclic) bond motifs is 1. The Morgan fingerprint density at radius 3 is 2.52 bits per heavy atom. The van der Waals surface area contributed by atoms with Gasteiger partial charge >= 0.3 is 5.63 Å². The molecule has 0 radical (unpaired) electrons. The van der Waals surface area contributed by atoms with Gasteiger partial charge in [-0.2, -0.15) is 0 Å². The van der Waals surface area contributed by atoms with Crippen LogP contribution in [0.4, 0.5) is 5.69 Å². The summed E-state index contributed by atoms with van der Waals surface area (Å²) in [4.78, 5) is 24.6. The molecule has 1 N–H and O–H groups in total. The molecule has 6 heteroatoms. The molecule has 0 spiro atoms. The average molecular weight is 367 g/mol. The van der Waals surface area contributed by atoms with E-state index in [0.29, 0.717) is 29.0 Å². The van der Waals surface area contributed by atoms with E-state index in [4.69, 9.17) is 13.9 Å². The standard InChI is InChI=1S/C21H21NO5/c1-3-4-11-26-16-7-5-15(6-8-16)22-20(23)18-13-14-12-17(25-2)9-10-19(14)27-21(18)24/h5-10,12-13H,3-4,11H2,1-2H3,(H,22,23). The predicted octanol–water partition coefficient (Wildman–Crippen LogP) is 4.23. The van der Waals surface area contributed by atoms with E-state index in [0.717, 1.165) is 18.6 Å². The maximum Gasteiger partial charge on any atom is 0.349 e. The summed E-state index contributed by atoms with van der Waals surface area (Å²) in [5.74, 6) is 0.813. The summed E-state index contributed by atoms with van der Waals surface area (Å²) in [5.41, 5.74) is 0.197. The highest BCUT2D eigenvalue weighted by atomic mass is 16.5. The molecule has 2 aromatic carbocycles. The molecular weight excluding hydrogens is 346 g/mol. The summed E-state index contributed by atoms with van der Waals surface area (Å²) in [7, 11) is 1.55. The molecule has 0 bridgehead atoms. The summed E-state index contributed by atoms with van der Waals surface area (Å²) < 4.78 is 16.0. The lowest BCUT2D eigenvalue weighted by Crippen LogP contribution is -2.20. The number of hydrogen-bond acceptors (Lipinski definition) is 5. The van der Waals surface area contributed by atoms with E-state index in [2.05, 4.69) is 12.2 Å². The van der Waals surface area contributed by atoms with Crippen LogP contribution in [0.2, 0.25) is 0 Å². The van der Waals surface area contributed by atoms with Gasteiger partial charge in [0, 0.05) is 11.1 Å². The van der Waals surface area contributed by atoms with Crippen molar-refractivity contribution in [2.24, 2.45) is 0 Å². The molecular formula is C21H21NO5. The van der Waals surface area contributed by atoms with Gasteiger partial charge in [0.05, 0.1) is 13.7 Å². The van der Waals surface area contributed by atoms with Gasteiger partial charge in [-0.3, -0.25) is 4.79 Å². The molecule has 140 valence electrons. The van der Waals surface area contributed by atoms with Crippen LogP contribution in [0.25, 0.3) is 11.0 Å². The average Bonchev–Trinajstić information content (AvgIpc) is 2.68. The van der Waals surface area contributed by atoms with Crippen molar-refractivity contribution in [2.75, 3.05) is 19.0 Å². The van der Waals surface area contributed by atoms with Crippen molar-refractivity contribution in [1.29, 1.82) is 0 Å². The Hall–Kier alpha value is -3.28. The zero-order valence-electron chi connectivity index (χ0n) is 15.3. The summed E-state index contributed by atoms with van der Waals surface area (Å²) >= 11 is 0. The van der Waals surface area contributed by atoms with Crippen molar-refractivity contribution < 1.29 is 18.7 Å². The normalized spacial score (nSPS) is 10.6. The minimum Gasteiger partial charge on any atom is -0.497 e. The van der Waals surface area contributed by atoms with E-state index < -0.39 is 11.5 Å². The number of rotatable bonds is 7. The van der Waals surface area contributed by atoms with E-state index in [9.17, 15) is 9.59 Å². The SMILES string of the molecule is CCCCOc1ccc(NC(=O)c2cc3cc(OC)ccc3oc2=O)cc1. The van der Waals surface area contributed by atoms with E-state index in [1.807, 2.05) is 0 Å². The Morgan fingerprint density at radius 1 is 1.07 bits per heavy atom. The number of methoxy groups -OCH3 is 1. The largest absolute Gasteiger partial charge is 0.497 e. The Labute approximate surface area is 156 Å².